The zero-order valence-electron chi connectivity index (χ0n) is 20.9. The van der Waals surface area contributed by atoms with Crippen LogP contribution in [0.15, 0.2) is 36.0 Å². The largest absolute Gasteiger partial charge is 0.463 e. The van der Waals surface area contributed by atoms with Gasteiger partial charge >= 0.3 is 11.9 Å². The van der Waals surface area contributed by atoms with Gasteiger partial charge in [0.2, 0.25) is 0 Å². The summed E-state index contributed by atoms with van der Waals surface area (Å²) in [6.45, 7) is 21.9. The number of rotatable bonds is 9. The van der Waals surface area contributed by atoms with Crippen molar-refractivity contribution in [1.82, 2.24) is 0 Å². The van der Waals surface area contributed by atoms with Gasteiger partial charge in [-0.15, -0.1) is 5.54 Å². The van der Waals surface area contributed by atoms with Crippen LogP contribution in [0.1, 0.15) is 34.6 Å². The van der Waals surface area contributed by atoms with Crippen molar-refractivity contribution in [2.75, 3.05) is 13.2 Å². The van der Waals surface area contributed by atoms with E-state index in [-0.39, 0.29) is 11.6 Å². The summed E-state index contributed by atoms with van der Waals surface area (Å²) in [4.78, 5) is 23.4. The van der Waals surface area contributed by atoms with Gasteiger partial charge in [-0.1, -0.05) is 64.1 Å². The highest BCUT2D eigenvalue weighted by atomic mass is 28.4. The molecule has 0 saturated carbocycles. The van der Waals surface area contributed by atoms with Crippen LogP contribution in [0.5, 0.6) is 0 Å². The highest BCUT2D eigenvalue weighted by Gasteiger charge is 2.36. The molecule has 0 aliphatic heterocycles. The summed E-state index contributed by atoms with van der Waals surface area (Å²) >= 11 is 0. The Labute approximate surface area is 191 Å². The molecule has 0 amide bonds. The van der Waals surface area contributed by atoms with E-state index in [1.807, 2.05) is 19.1 Å². The molecule has 0 N–H and O–H groups in total. The molecule has 1 unspecified atom stereocenters. The van der Waals surface area contributed by atoms with Gasteiger partial charge in [0.25, 0.3) is 0 Å². The van der Waals surface area contributed by atoms with Crippen LogP contribution in [0.2, 0.25) is 37.8 Å². The first-order valence-corrected chi connectivity index (χ1v) is 17.1. The van der Waals surface area contributed by atoms with Gasteiger partial charge in [-0.3, -0.25) is 0 Å². The van der Waals surface area contributed by atoms with Crippen LogP contribution < -0.4 is 0 Å². The molecule has 0 saturated heterocycles. The van der Waals surface area contributed by atoms with E-state index in [0.717, 1.165) is 17.7 Å². The number of allylic oxidation sites excluding steroid dienone is 2. The fourth-order valence-corrected chi connectivity index (χ4v) is 3.31. The van der Waals surface area contributed by atoms with Gasteiger partial charge in [-0.2, -0.15) is 0 Å². The molecule has 0 fully saturated rings. The van der Waals surface area contributed by atoms with Gasteiger partial charge in [0.15, 0.2) is 14.4 Å². The van der Waals surface area contributed by atoms with Crippen LogP contribution in [0.25, 0.3) is 0 Å². The first-order valence-electron chi connectivity index (χ1n) is 10.6. The number of carbonyl (C=O) groups is 2. The summed E-state index contributed by atoms with van der Waals surface area (Å²) in [5.41, 5.74) is 4.22. The molecule has 0 aromatic heterocycles. The minimum atomic E-state index is -1.80. The maximum atomic E-state index is 12.1. The van der Waals surface area contributed by atoms with Crippen LogP contribution >= 0.6 is 0 Å². The van der Waals surface area contributed by atoms with E-state index in [1.165, 1.54) is 0 Å². The normalized spacial score (nSPS) is 14.3. The minimum Gasteiger partial charge on any atom is -0.463 e. The zero-order chi connectivity index (χ0) is 24.3. The Morgan fingerprint density at radius 2 is 1.58 bits per heavy atom. The quantitative estimate of drug-likeness (QED) is 0.150. The number of hydrogen-bond acceptors (Lipinski definition) is 5. The molecule has 31 heavy (non-hydrogen) atoms. The molecule has 0 spiro atoms. The highest BCUT2D eigenvalue weighted by molar-refractivity contribution is 6.83. The number of esters is 2. The lowest BCUT2D eigenvalue weighted by molar-refractivity contribution is -0.140. The van der Waals surface area contributed by atoms with Gasteiger partial charge in [0.1, 0.15) is 8.07 Å². The Hall–Kier alpha value is -1.89. The Morgan fingerprint density at radius 3 is 2.10 bits per heavy atom. The summed E-state index contributed by atoms with van der Waals surface area (Å²) in [5.74, 6) is 1.81. The van der Waals surface area contributed by atoms with Crippen molar-refractivity contribution in [2.24, 2.45) is 0 Å². The molecule has 0 heterocycles. The Kier molecular flexibility index (Phi) is 12.1. The van der Waals surface area contributed by atoms with Gasteiger partial charge < -0.3 is 13.9 Å². The summed E-state index contributed by atoms with van der Waals surface area (Å²) in [6, 6.07) is 0. The van der Waals surface area contributed by atoms with Crippen molar-refractivity contribution in [2.45, 2.75) is 78.5 Å². The summed E-state index contributed by atoms with van der Waals surface area (Å²) in [7, 11) is -3.44. The average Bonchev–Trinajstić information content (AvgIpc) is 2.60. The second kappa shape index (κ2) is 12.8. The van der Waals surface area contributed by atoms with Crippen LogP contribution in [0.4, 0.5) is 0 Å². The SMILES string of the molecule is CCOC(=O)/C=C/C(=O)OC(C#C[Si](C)(C)C)/C=C/C(C)=C/CO[Si](C)(C)C(C)(C)C. The molecule has 0 aliphatic carbocycles. The summed E-state index contributed by atoms with van der Waals surface area (Å²) < 4.78 is 16.3. The molecule has 0 aromatic carbocycles. The molecule has 174 valence electrons. The lowest BCUT2D eigenvalue weighted by atomic mass is 10.2. The molecule has 0 radical (unpaired) electrons. The number of hydrogen-bond donors (Lipinski definition) is 0. The van der Waals surface area contributed by atoms with Crippen molar-refractivity contribution in [3.8, 4) is 11.5 Å². The monoisotopic (exact) mass is 464 g/mol. The number of carbonyl (C=O) groups excluding carboxylic acids is 2. The van der Waals surface area contributed by atoms with Gasteiger partial charge in [-0.25, -0.2) is 9.59 Å². The first-order chi connectivity index (χ1) is 14.1. The fraction of sp³-hybridized carbons (Fsp3) is 0.583. The van der Waals surface area contributed by atoms with Crippen molar-refractivity contribution >= 4 is 28.3 Å². The highest BCUT2D eigenvalue weighted by Crippen LogP contribution is 2.36. The van der Waals surface area contributed by atoms with E-state index in [1.54, 1.807) is 13.0 Å². The molecule has 1 atom stereocenters. The molecule has 0 aromatic rings. The van der Waals surface area contributed by atoms with Gasteiger partial charge in [0, 0.05) is 12.2 Å². The predicted molar refractivity (Wildman–Crippen MR) is 133 cm³/mol. The molecule has 0 rings (SSSR count). The molecule has 0 bridgehead atoms. The molecule has 5 nitrogen and oxygen atoms in total. The van der Waals surface area contributed by atoms with Crippen molar-refractivity contribution < 1.29 is 23.5 Å². The smallest absolute Gasteiger partial charge is 0.332 e. The topological polar surface area (TPSA) is 61.8 Å². The molecule has 0 aliphatic rings. The lowest BCUT2D eigenvalue weighted by Gasteiger charge is -2.35. The van der Waals surface area contributed by atoms with Gasteiger partial charge in [-0.05, 0) is 38.1 Å². The van der Waals surface area contributed by atoms with Crippen molar-refractivity contribution in [3.05, 3.63) is 36.0 Å². The van der Waals surface area contributed by atoms with Crippen LogP contribution in [-0.2, 0) is 23.5 Å². The van der Waals surface area contributed by atoms with E-state index < -0.39 is 34.4 Å². The van der Waals surface area contributed by atoms with Crippen molar-refractivity contribution in [1.29, 1.82) is 0 Å². The second-order valence-corrected chi connectivity index (χ2v) is 19.4. The van der Waals surface area contributed by atoms with E-state index in [9.17, 15) is 9.59 Å². The second-order valence-electron chi connectivity index (χ2n) is 9.84. The van der Waals surface area contributed by atoms with Crippen LogP contribution in [0, 0.1) is 11.5 Å². The van der Waals surface area contributed by atoms with Crippen LogP contribution in [-0.4, -0.2) is 47.6 Å². The Balaban J connectivity index is 5.22. The van der Waals surface area contributed by atoms with Gasteiger partial charge in [0.05, 0.1) is 13.2 Å². The third-order valence-electron chi connectivity index (χ3n) is 4.66. The summed E-state index contributed by atoms with van der Waals surface area (Å²) in [5, 5.41) is 0.160. The minimum absolute atomic E-state index is 0.160. The zero-order valence-corrected chi connectivity index (χ0v) is 22.9. The fourth-order valence-electron chi connectivity index (χ4n) is 1.80. The molecular formula is C24H40O5Si2. The maximum Gasteiger partial charge on any atom is 0.332 e. The first kappa shape index (κ1) is 29.1. The predicted octanol–water partition coefficient (Wildman–Crippen LogP) is 5.42. The average molecular weight is 465 g/mol. The standard InChI is InChI=1S/C24H40O5Si2/c1-11-27-22(25)14-15-23(26)29-21(17-19-30(6,7)8)13-12-20(2)16-18-28-31(9,10)24(3,4)5/h12-16,21H,11,18H2,1-10H3/b13-12+,15-14+,20-16+. The summed E-state index contributed by atoms with van der Waals surface area (Å²) in [6.07, 6.45) is 7.06. The third-order valence-corrected chi connectivity index (χ3v) is 10.1. The lowest BCUT2D eigenvalue weighted by Crippen LogP contribution is -2.40. The third kappa shape index (κ3) is 13.9. The van der Waals surface area contributed by atoms with E-state index in [4.69, 9.17) is 13.9 Å². The Morgan fingerprint density at radius 1 is 1.00 bits per heavy atom. The van der Waals surface area contributed by atoms with E-state index in [2.05, 4.69) is 65.0 Å². The molecular weight excluding hydrogens is 424 g/mol. The van der Waals surface area contributed by atoms with Crippen LogP contribution in [0.3, 0.4) is 0 Å². The Bertz CT molecular complexity index is 754. The molecule has 7 heteroatoms. The van der Waals surface area contributed by atoms with E-state index >= 15 is 0 Å². The van der Waals surface area contributed by atoms with Crippen molar-refractivity contribution in [3.63, 3.8) is 0 Å². The number of ether oxygens (including phenoxy) is 2. The van der Waals surface area contributed by atoms with E-state index in [0.29, 0.717) is 6.61 Å². The maximum absolute atomic E-state index is 12.1.